The van der Waals surface area contributed by atoms with Crippen molar-refractivity contribution >= 4 is 0 Å². The van der Waals surface area contributed by atoms with Gasteiger partial charge in [0.2, 0.25) is 0 Å². The summed E-state index contributed by atoms with van der Waals surface area (Å²) in [7, 11) is 0. The fraction of sp³-hybridized carbons (Fsp3) is 0.400. The average Bonchev–Trinajstić information content (AvgIpc) is 2.53. The Labute approximate surface area is 72.8 Å². The molecule has 0 aliphatic heterocycles. The van der Waals surface area contributed by atoms with E-state index in [1.165, 1.54) is 0 Å². The lowest BCUT2D eigenvalue weighted by Gasteiger charge is -2.04. The third-order valence-electron chi connectivity index (χ3n) is 1.72. The molecule has 0 saturated heterocycles. The van der Waals surface area contributed by atoms with Crippen LogP contribution in [0.2, 0.25) is 0 Å². The highest BCUT2D eigenvalue weighted by Gasteiger charge is 2.02. The Morgan fingerprint density at radius 3 is 3.08 bits per heavy atom. The van der Waals surface area contributed by atoms with Crippen LogP contribution in [0.3, 0.4) is 0 Å². The van der Waals surface area contributed by atoms with Crippen LogP contribution in [0.25, 0.3) is 0 Å². The minimum absolute atomic E-state index is 0.0973. The van der Waals surface area contributed by atoms with Crippen molar-refractivity contribution in [2.24, 2.45) is 5.73 Å². The van der Waals surface area contributed by atoms with Crippen molar-refractivity contribution in [2.45, 2.75) is 25.3 Å². The van der Waals surface area contributed by atoms with E-state index in [9.17, 15) is 0 Å². The highest BCUT2D eigenvalue weighted by molar-refractivity contribution is 4.99. The van der Waals surface area contributed by atoms with E-state index in [-0.39, 0.29) is 6.04 Å². The van der Waals surface area contributed by atoms with Crippen molar-refractivity contribution in [3.8, 4) is 12.3 Å². The third-order valence-corrected chi connectivity index (χ3v) is 1.72. The maximum atomic E-state index is 5.72. The van der Waals surface area contributed by atoms with Crippen LogP contribution in [-0.4, -0.2) is 6.04 Å². The molecular formula is C10H13NO. The molecular weight excluding hydrogens is 150 g/mol. The summed E-state index contributed by atoms with van der Waals surface area (Å²) in [5.74, 6) is 3.52. The smallest absolute Gasteiger partial charge is 0.103 e. The van der Waals surface area contributed by atoms with Gasteiger partial charge in [-0.1, -0.05) is 0 Å². The summed E-state index contributed by atoms with van der Waals surface area (Å²) >= 11 is 0. The molecule has 1 aromatic rings. The lowest BCUT2D eigenvalue weighted by atomic mass is 10.1. The molecule has 2 heteroatoms. The Balaban J connectivity index is 2.23. The van der Waals surface area contributed by atoms with Crippen molar-refractivity contribution in [3.63, 3.8) is 0 Å². The van der Waals surface area contributed by atoms with E-state index in [1.54, 1.807) is 6.26 Å². The number of hydrogen-bond acceptors (Lipinski definition) is 2. The summed E-state index contributed by atoms with van der Waals surface area (Å²) in [6, 6.07) is 3.92. The molecule has 1 aromatic heterocycles. The first kappa shape index (κ1) is 8.89. The van der Waals surface area contributed by atoms with E-state index in [1.807, 2.05) is 12.1 Å². The van der Waals surface area contributed by atoms with E-state index >= 15 is 0 Å². The summed E-state index contributed by atoms with van der Waals surface area (Å²) in [4.78, 5) is 0. The molecule has 1 heterocycles. The molecule has 2 nitrogen and oxygen atoms in total. The maximum Gasteiger partial charge on any atom is 0.103 e. The minimum Gasteiger partial charge on any atom is -0.469 e. The molecule has 0 spiro atoms. The number of rotatable bonds is 4. The van der Waals surface area contributed by atoms with E-state index in [0.29, 0.717) is 6.42 Å². The Kier molecular flexibility index (Phi) is 3.43. The van der Waals surface area contributed by atoms with Gasteiger partial charge in [-0.3, -0.25) is 0 Å². The predicted octanol–water partition coefficient (Wildman–Crippen LogP) is 1.56. The predicted molar refractivity (Wildman–Crippen MR) is 48.5 cm³/mol. The molecule has 0 saturated carbocycles. The number of terminal acetylenes is 1. The van der Waals surface area contributed by atoms with Crippen LogP contribution >= 0.6 is 0 Å². The van der Waals surface area contributed by atoms with Gasteiger partial charge in [-0.15, -0.1) is 12.3 Å². The quantitative estimate of drug-likeness (QED) is 0.684. The van der Waals surface area contributed by atoms with Crippen molar-refractivity contribution < 1.29 is 4.42 Å². The van der Waals surface area contributed by atoms with Crippen LogP contribution in [0.5, 0.6) is 0 Å². The van der Waals surface area contributed by atoms with E-state index in [4.69, 9.17) is 16.6 Å². The molecule has 0 amide bonds. The number of aryl methyl sites for hydroxylation is 1. The number of furan rings is 1. The average molecular weight is 163 g/mol. The van der Waals surface area contributed by atoms with Gasteiger partial charge in [-0.05, 0) is 18.6 Å². The molecule has 0 aliphatic rings. The topological polar surface area (TPSA) is 39.2 Å². The van der Waals surface area contributed by atoms with Gasteiger partial charge < -0.3 is 10.2 Å². The summed E-state index contributed by atoms with van der Waals surface area (Å²) in [6.07, 6.45) is 9.19. The zero-order valence-electron chi connectivity index (χ0n) is 6.99. The molecule has 1 unspecified atom stereocenters. The molecule has 0 bridgehead atoms. The van der Waals surface area contributed by atoms with Crippen molar-refractivity contribution in [1.82, 2.24) is 0 Å². The van der Waals surface area contributed by atoms with Crippen molar-refractivity contribution in [3.05, 3.63) is 24.2 Å². The second kappa shape index (κ2) is 4.63. The van der Waals surface area contributed by atoms with Gasteiger partial charge in [0.15, 0.2) is 0 Å². The van der Waals surface area contributed by atoms with Gasteiger partial charge in [0.25, 0.3) is 0 Å². The normalized spacial score (nSPS) is 12.3. The SMILES string of the molecule is C#CCC(N)CCc1ccco1. The largest absolute Gasteiger partial charge is 0.469 e. The van der Waals surface area contributed by atoms with Crippen molar-refractivity contribution in [1.29, 1.82) is 0 Å². The van der Waals surface area contributed by atoms with Gasteiger partial charge in [0, 0.05) is 18.9 Å². The first-order valence-electron chi connectivity index (χ1n) is 4.04. The van der Waals surface area contributed by atoms with Gasteiger partial charge >= 0.3 is 0 Å². The molecule has 64 valence electrons. The van der Waals surface area contributed by atoms with Gasteiger partial charge in [0.05, 0.1) is 6.26 Å². The molecule has 1 rings (SSSR count). The fourth-order valence-electron chi connectivity index (χ4n) is 1.04. The summed E-state index contributed by atoms with van der Waals surface area (Å²) < 4.78 is 5.15. The van der Waals surface area contributed by atoms with Gasteiger partial charge in [-0.2, -0.15) is 0 Å². The van der Waals surface area contributed by atoms with E-state index < -0.39 is 0 Å². The van der Waals surface area contributed by atoms with E-state index in [2.05, 4.69) is 5.92 Å². The number of nitrogens with two attached hydrogens (primary N) is 1. The minimum atomic E-state index is 0.0973. The Hall–Kier alpha value is -1.20. The lowest BCUT2D eigenvalue weighted by Crippen LogP contribution is -2.19. The van der Waals surface area contributed by atoms with Crippen LogP contribution in [0.4, 0.5) is 0 Å². The van der Waals surface area contributed by atoms with Crippen LogP contribution in [0.15, 0.2) is 22.8 Å². The van der Waals surface area contributed by atoms with Gasteiger partial charge in [-0.25, -0.2) is 0 Å². The second-order valence-corrected chi connectivity index (χ2v) is 2.79. The molecule has 12 heavy (non-hydrogen) atoms. The van der Waals surface area contributed by atoms with Gasteiger partial charge in [0.1, 0.15) is 5.76 Å². The fourth-order valence-corrected chi connectivity index (χ4v) is 1.04. The van der Waals surface area contributed by atoms with Crippen LogP contribution in [0, 0.1) is 12.3 Å². The third kappa shape index (κ3) is 2.81. The molecule has 0 fully saturated rings. The lowest BCUT2D eigenvalue weighted by molar-refractivity contribution is 0.486. The monoisotopic (exact) mass is 163 g/mol. The Morgan fingerprint density at radius 2 is 2.50 bits per heavy atom. The summed E-state index contributed by atoms with van der Waals surface area (Å²) in [6.45, 7) is 0. The number of hydrogen-bond donors (Lipinski definition) is 1. The highest BCUT2D eigenvalue weighted by atomic mass is 16.3. The molecule has 0 radical (unpaired) electrons. The first-order valence-corrected chi connectivity index (χ1v) is 4.04. The standard InChI is InChI=1S/C10H13NO/c1-2-4-9(11)6-7-10-5-3-8-12-10/h1,3,5,8-9H,4,6-7,11H2. The Morgan fingerprint density at radius 1 is 1.67 bits per heavy atom. The first-order chi connectivity index (χ1) is 5.83. The van der Waals surface area contributed by atoms with Crippen molar-refractivity contribution in [2.75, 3.05) is 0 Å². The summed E-state index contributed by atoms with van der Waals surface area (Å²) in [5, 5.41) is 0. The van der Waals surface area contributed by atoms with Crippen LogP contribution in [0.1, 0.15) is 18.6 Å². The van der Waals surface area contributed by atoms with Crippen LogP contribution < -0.4 is 5.73 Å². The van der Waals surface area contributed by atoms with Crippen LogP contribution in [-0.2, 0) is 6.42 Å². The molecule has 0 aromatic carbocycles. The maximum absolute atomic E-state index is 5.72. The molecule has 2 N–H and O–H groups in total. The molecule has 1 atom stereocenters. The Bertz CT molecular complexity index is 245. The zero-order valence-corrected chi connectivity index (χ0v) is 6.99. The van der Waals surface area contributed by atoms with E-state index in [0.717, 1.165) is 18.6 Å². The highest BCUT2D eigenvalue weighted by Crippen LogP contribution is 2.05. The molecule has 0 aliphatic carbocycles. The second-order valence-electron chi connectivity index (χ2n) is 2.79. The summed E-state index contributed by atoms with van der Waals surface area (Å²) in [5.41, 5.74) is 5.72. The zero-order chi connectivity index (χ0) is 8.81.